The highest BCUT2D eigenvalue weighted by Gasteiger charge is 2.17. The van der Waals surface area contributed by atoms with Crippen molar-refractivity contribution in [3.63, 3.8) is 0 Å². The third kappa shape index (κ3) is 4.17. The summed E-state index contributed by atoms with van der Waals surface area (Å²) in [6, 6.07) is 8.11. The summed E-state index contributed by atoms with van der Waals surface area (Å²) in [7, 11) is 1.49. The second kappa shape index (κ2) is 8.43. The number of ether oxygens (including phenoxy) is 3. The van der Waals surface area contributed by atoms with Crippen LogP contribution in [0.25, 0.3) is 5.65 Å². The van der Waals surface area contributed by atoms with Crippen molar-refractivity contribution in [3.8, 4) is 11.5 Å². The van der Waals surface area contributed by atoms with Crippen molar-refractivity contribution in [1.82, 2.24) is 9.38 Å². The predicted octanol–water partition coefficient (Wildman–Crippen LogP) is 3.53. The van der Waals surface area contributed by atoms with E-state index in [1.165, 1.54) is 17.6 Å². The largest absolute Gasteiger partial charge is 0.493 e. The maximum absolute atomic E-state index is 12.5. The fourth-order valence-electron chi connectivity index (χ4n) is 2.68. The van der Waals surface area contributed by atoms with E-state index in [9.17, 15) is 9.59 Å². The molecule has 3 aromatic rings. The van der Waals surface area contributed by atoms with Gasteiger partial charge in [-0.2, -0.15) is 0 Å². The van der Waals surface area contributed by atoms with E-state index >= 15 is 0 Å². The van der Waals surface area contributed by atoms with E-state index in [1.54, 1.807) is 24.4 Å². The molecule has 0 fully saturated rings. The predicted molar refractivity (Wildman–Crippen MR) is 107 cm³/mol. The lowest BCUT2D eigenvalue weighted by Gasteiger charge is -2.13. The van der Waals surface area contributed by atoms with Gasteiger partial charge in [-0.05, 0) is 53.5 Å². The Bertz CT molecular complexity index is 1090. The number of rotatable bonds is 6. The second-order valence-corrected chi connectivity index (χ2v) is 6.87. The quantitative estimate of drug-likeness (QED) is 0.538. The lowest BCUT2D eigenvalue weighted by Crippen LogP contribution is -2.17. The first-order valence-electron chi connectivity index (χ1n) is 8.59. The number of fused-ring (bicyclic) bond motifs is 1. The normalized spacial score (nSPS) is 10.7. The summed E-state index contributed by atoms with van der Waals surface area (Å²) in [5.41, 5.74) is 1.88. The van der Waals surface area contributed by atoms with Crippen LogP contribution in [0.3, 0.4) is 0 Å². The van der Waals surface area contributed by atoms with Crippen LogP contribution in [0.15, 0.2) is 45.8 Å². The summed E-state index contributed by atoms with van der Waals surface area (Å²) in [5.74, 6) is 0.370. The van der Waals surface area contributed by atoms with E-state index in [1.807, 2.05) is 19.9 Å². The first kappa shape index (κ1) is 19.9. The van der Waals surface area contributed by atoms with Crippen LogP contribution in [-0.4, -0.2) is 29.1 Å². The zero-order valence-electron chi connectivity index (χ0n) is 15.7. The van der Waals surface area contributed by atoms with Crippen LogP contribution >= 0.6 is 15.9 Å². The molecule has 0 spiro atoms. The molecule has 0 bridgehead atoms. The smallest absolute Gasteiger partial charge is 0.338 e. The van der Waals surface area contributed by atoms with Gasteiger partial charge in [-0.3, -0.25) is 9.20 Å². The first-order valence-corrected chi connectivity index (χ1v) is 9.38. The maximum atomic E-state index is 12.5. The van der Waals surface area contributed by atoms with E-state index in [0.29, 0.717) is 39.5 Å². The molecule has 2 heterocycles. The van der Waals surface area contributed by atoms with Gasteiger partial charge in [0.05, 0.1) is 29.4 Å². The van der Waals surface area contributed by atoms with E-state index in [2.05, 4.69) is 20.9 Å². The SMILES string of the molecule is CCOc1c(Br)cc(C(=O)OCc2cc(=O)n3cc(C)ccc3n2)cc1OC. The molecule has 8 heteroatoms. The number of hydrogen-bond donors (Lipinski definition) is 0. The molecule has 3 rings (SSSR count). The Morgan fingerprint density at radius 2 is 2.04 bits per heavy atom. The van der Waals surface area contributed by atoms with Crippen LogP contribution < -0.4 is 15.0 Å². The maximum Gasteiger partial charge on any atom is 0.338 e. The molecular formula is C20H19BrN2O5. The van der Waals surface area contributed by atoms with Crippen LogP contribution in [0, 0.1) is 6.92 Å². The summed E-state index contributed by atoms with van der Waals surface area (Å²) < 4.78 is 18.2. The topological polar surface area (TPSA) is 79.1 Å². The highest BCUT2D eigenvalue weighted by Crippen LogP contribution is 2.36. The van der Waals surface area contributed by atoms with Crippen molar-refractivity contribution < 1.29 is 19.0 Å². The molecule has 0 aliphatic heterocycles. The Morgan fingerprint density at radius 3 is 2.75 bits per heavy atom. The molecule has 0 aliphatic carbocycles. The number of carbonyl (C=O) groups is 1. The van der Waals surface area contributed by atoms with Crippen molar-refractivity contribution in [2.24, 2.45) is 0 Å². The molecule has 7 nitrogen and oxygen atoms in total. The standard InChI is InChI=1S/C20H19BrN2O5/c1-4-27-19-15(21)7-13(8-16(19)26-3)20(25)28-11-14-9-18(24)23-10-12(2)5-6-17(23)22-14/h5-10H,4,11H2,1-3H3. The van der Waals surface area contributed by atoms with E-state index in [-0.39, 0.29) is 12.2 Å². The lowest BCUT2D eigenvalue weighted by molar-refractivity contribution is 0.0467. The third-order valence-corrected chi connectivity index (χ3v) is 4.55. The first-order chi connectivity index (χ1) is 13.4. The van der Waals surface area contributed by atoms with Crippen molar-refractivity contribution in [2.75, 3.05) is 13.7 Å². The highest BCUT2D eigenvalue weighted by molar-refractivity contribution is 9.10. The Morgan fingerprint density at radius 1 is 1.25 bits per heavy atom. The number of esters is 1. The number of benzene rings is 1. The number of methoxy groups -OCH3 is 1. The summed E-state index contributed by atoms with van der Waals surface area (Å²) in [5, 5.41) is 0. The number of carbonyl (C=O) groups excluding carboxylic acids is 1. The van der Waals surface area contributed by atoms with Crippen molar-refractivity contribution in [1.29, 1.82) is 0 Å². The second-order valence-electron chi connectivity index (χ2n) is 6.02. The lowest BCUT2D eigenvalue weighted by atomic mass is 10.2. The van der Waals surface area contributed by atoms with Gasteiger partial charge < -0.3 is 14.2 Å². The summed E-state index contributed by atoms with van der Waals surface area (Å²) in [6.45, 7) is 4.09. The van der Waals surface area contributed by atoms with Gasteiger partial charge in [0.1, 0.15) is 12.3 Å². The van der Waals surface area contributed by atoms with Crippen LogP contribution in [0.5, 0.6) is 11.5 Å². The Kier molecular flexibility index (Phi) is 5.99. The minimum atomic E-state index is -0.562. The highest BCUT2D eigenvalue weighted by atomic mass is 79.9. The Balaban J connectivity index is 1.81. The summed E-state index contributed by atoms with van der Waals surface area (Å²) in [6.07, 6.45) is 1.71. The van der Waals surface area contributed by atoms with Crippen LogP contribution in [0.2, 0.25) is 0 Å². The van der Waals surface area contributed by atoms with E-state index in [4.69, 9.17) is 14.2 Å². The summed E-state index contributed by atoms with van der Waals surface area (Å²) >= 11 is 3.38. The van der Waals surface area contributed by atoms with E-state index < -0.39 is 5.97 Å². The van der Waals surface area contributed by atoms with Crippen LogP contribution in [0.1, 0.15) is 28.5 Å². The van der Waals surface area contributed by atoms with Gasteiger partial charge in [0.15, 0.2) is 11.5 Å². The molecular weight excluding hydrogens is 428 g/mol. The number of aryl methyl sites for hydroxylation is 1. The molecule has 0 unspecified atom stereocenters. The molecule has 2 aromatic heterocycles. The molecule has 0 atom stereocenters. The third-order valence-electron chi connectivity index (χ3n) is 3.97. The molecule has 0 radical (unpaired) electrons. The molecule has 0 amide bonds. The van der Waals surface area contributed by atoms with Crippen LogP contribution in [0.4, 0.5) is 0 Å². The number of nitrogens with zero attached hydrogens (tertiary/aromatic N) is 2. The van der Waals surface area contributed by atoms with Gasteiger partial charge in [-0.15, -0.1) is 0 Å². The molecule has 0 N–H and O–H groups in total. The number of halogens is 1. The van der Waals surface area contributed by atoms with Crippen molar-refractivity contribution in [3.05, 3.63) is 68.2 Å². The number of hydrogen-bond acceptors (Lipinski definition) is 6. The molecule has 0 aliphatic rings. The Hall–Kier alpha value is -2.87. The minimum absolute atomic E-state index is 0.119. The zero-order valence-corrected chi connectivity index (χ0v) is 17.3. The molecule has 146 valence electrons. The average molecular weight is 447 g/mol. The fourth-order valence-corrected chi connectivity index (χ4v) is 3.23. The van der Waals surface area contributed by atoms with Crippen molar-refractivity contribution in [2.45, 2.75) is 20.5 Å². The molecule has 28 heavy (non-hydrogen) atoms. The monoisotopic (exact) mass is 446 g/mol. The van der Waals surface area contributed by atoms with Gasteiger partial charge >= 0.3 is 5.97 Å². The molecule has 0 saturated heterocycles. The van der Waals surface area contributed by atoms with Gasteiger partial charge in [0, 0.05) is 12.3 Å². The summed E-state index contributed by atoms with van der Waals surface area (Å²) in [4.78, 5) is 29.1. The number of aromatic nitrogens is 2. The molecule has 0 saturated carbocycles. The molecule has 1 aromatic carbocycles. The Labute approximate surface area is 170 Å². The van der Waals surface area contributed by atoms with Crippen molar-refractivity contribution >= 4 is 27.5 Å². The van der Waals surface area contributed by atoms with Gasteiger partial charge in [0.2, 0.25) is 0 Å². The fraction of sp³-hybridized carbons (Fsp3) is 0.250. The average Bonchev–Trinajstić information content (AvgIpc) is 2.68. The zero-order chi connectivity index (χ0) is 20.3. The minimum Gasteiger partial charge on any atom is -0.493 e. The van der Waals surface area contributed by atoms with Gasteiger partial charge in [-0.25, -0.2) is 9.78 Å². The van der Waals surface area contributed by atoms with Gasteiger partial charge in [0.25, 0.3) is 5.56 Å². The number of pyridine rings is 1. The van der Waals surface area contributed by atoms with Gasteiger partial charge in [-0.1, -0.05) is 6.07 Å². The van der Waals surface area contributed by atoms with Crippen LogP contribution in [-0.2, 0) is 11.3 Å². The van der Waals surface area contributed by atoms with E-state index in [0.717, 1.165) is 5.56 Å².